The van der Waals surface area contributed by atoms with Crippen LogP contribution in [0.15, 0.2) is 85.5 Å². The molecule has 2 aromatic heterocycles. The number of hydrogen-bond acceptors (Lipinski definition) is 4. The zero-order valence-electron chi connectivity index (χ0n) is 14.1. The molecule has 6 nitrogen and oxygen atoms in total. The van der Waals surface area contributed by atoms with Crippen molar-refractivity contribution < 1.29 is 0 Å². The van der Waals surface area contributed by atoms with Crippen LogP contribution in [0.2, 0.25) is 0 Å². The van der Waals surface area contributed by atoms with Crippen LogP contribution in [0.5, 0.6) is 0 Å². The van der Waals surface area contributed by atoms with E-state index in [4.69, 9.17) is 11.0 Å². The minimum atomic E-state index is 0.583. The van der Waals surface area contributed by atoms with Crippen LogP contribution in [-0.2, 0) is 6.54 Å². The summed E-state index contributed by atoms with van der Waals surface area (Å²) < 4.78 is 3.57. The topological polar surface area (TPSA) is 85.5 Å². The van der Waals surface area contributed by atoms with Crippen molar-refractivity contribution in [2.45, 2.75) is 6.54 Å². The van der Waals surface area contributed by atoms with E-state index >= 15 is 0 Å². The lowest BCUT2D eigenvalue weighted by molar-refractivity contribution is 0.878. The van der Waals surface area contributed by atoms with Crippen molar-refractivity contribution in [1.82, 2.24) is 19.6 Å². The Kier molecular flexibility index (Phi) is 5.55. The molecule has 2 N–H and O–H groups in total. The monoisotopic (exact) mass is 342 g/mol. The number of hydrogen-bond donors (Lipinski definition) is 1. The first-order valence-corrected chi connectivity index (χ1v) is 8.09. The second-order valence-corrected chi connectivity index (χ2v) is 5.43. The standard InChI is InChI=1S/C10H11N3.C10H7N3/c2*11-8-9-2-4-10(5-3-9)13-7-1-6-12-13/h1-7H,8,11H2;1-7H. The normalized spacial score (nSPS) is 9.85. The Morgan fingerprint density at radius 3 is 1.69 bits per heavy atom. The number of benzene rings is 2. The summed E-state index contributed by atoms with van der Waals surface area (Å²) in [6, 6.07) is 21.2. The van der Waals surface area contributed by atoms with Gasteiger partial charge in [0.2, 0.25) is 0 Å². The average Bonchev–Trinajstić information content (AvgIpc) is 3.43. The summed E-state index contributed by atoms with van der Waals surface area (Å²) in [6.07, 6.45) is 7.26. The van der Waals surface area contributed by atoms with Gasteiger partial charge in [-0.3, -0.25) is 0 Å². The number of nitriles is 1. The van der Waals surface area contributed by atoms with Crippen molar-refractivity contribution in [3.8, 4) is 17.4 Å². The Hall–Kier alpha value is -3.69. The Bertz CT molecular complexity index is 947. The maximum Gasteiger partial charge on any atom is 0.0991 e. The molecule has 2 aromatic carbocycles. The van der Waals surface area contributed by atoms with Gasteiger partial charge in [-0.2, -0.15) is 15.5 Å². The van der Waals surface area contributed by atoms with Crippen molar-refractivity contribution in [2.75, 3.05) is 0 Å². The Morgan fingerprint density at radius 1 is 0.808 bits per heavy atom. The van der Waals surface area contributed by atoms with Crippen molar-refractivity contribution in [1.29, 1.82) is 5.26 Å². The fraction of sp³-hybridized carbons (Fsp3) is 0.0500. The zero-order chi connectivity index (χ0) is 18.2. The molecule has 0 aliphatic heterocycles. The number of rotatable bonds is 3. The highest BCUT2D eigenvalue weighted by Crippen LogP contribution is 2.08. The Morgan fingerprint density at radius 2 is 1.31 bits per heavy atom. The van der Waals surface area contributed by atoms with Gasteiger partial charge in [0, 0.05) is 31.3 Å². The summed E-state index contributed by atoms with van der Waals surface area (Å²) >= 11 is 0. The van der Waals surface area contributed by atoms with Crippen LogP contribution < -0.4 is 5.73 Å². The summed E-state index contributed by atoms with van der Waals surface area (Å²) in [4.78, 5) is 0. The van der Waals surface area contributed by atoms with E-state index in [-0.39, 0.29) is 0 Å². The van der Waals surface area contributed by atoms with Gasteiger partial charge in [-0.05, 0) is 54.1 Å². The molecular formula is C20H18N6. The van der Waals surface area contributed by atoms with E-state index in [1.807, 2.05) is 65.6 Å². The highest BCUT2D eigenvalue weighted by atomic mass is 15.3. The smallest absolute Gasteiger partial charge is 0.0991 e. The average molecular weight is 342 g/mol. The predicted molar refractivity (Wildman–Crippen MR) is 99.7 cm³/mol. The second kappa shape index (κ2) is 8.42. The molecule has 0 radical (unpaired) electrons. The van der Waals surface area contributed by atoms with Gasteiger partial charge >= 0.3 is 0 Å². The van der Waals surface area contributed by atoms with Crippen LogP contribution in [0.4, 0.5) is 0 Å². The van der Waals surface area contributed by atoms with Crippen molar-refractivity contribution in [3.63, 3.8) is 0 Å². The lowest BCUT2D eigenvalue weighted by atomic mass is 10.2. The molecule has 0 unspecified atom stereocenters. The molecule has 128 valence electrons. The van der Waals surface area contributed by atoms with Crippen molar-refractivity contribution >= 4 is 0 Å². The van der Waals surface area contributed by atoms with Gasteiger partial charge in [-0.1, -0.05) is 12.1 Å². The van der Waals surface area contributed by atoms with Gasteiger partial charge in [0.25, 0.3) is 0 Å². The molecular weight excluding hydrogens is 324 g/mol. The molecule has 0 aliphatic carbocycles. The van der Waals surface area contributed by atoms with Crippen molar-refractivity contribution in [3.05, 3.63) is 96.6 Å². The molecule has 26 heavy (non-hydrogen) atoms. The number of nitrogens with two attached hydrogens (primary N) is 1. The maximum atomic E-state index is 8.59. The fourth-order valence-corrected chi connectivity index (χ4v) is 2.32. The lowest BCUT2D eigenvalue weighted by Crippen LogP contribution is -1.98. The van der Waals surface area contributed by atoms with Gasteiger partial charge in [0.05, 0.1) is 23.0 Å². The molecule has 0 fully saturated rings. The largest absolute Gasteiger partial charge is 0.326 e. The molecule has 6 heteroatoms. The minimum absolute atomic E-state index is 0.583. The van der Waals surface area contributed by atoms with Crippen LogP contribution in [0.3, 0.4) is 0 Å². The van der Waals surface area contributed by atoms with Crippen LogP contribution >= 0.6 is 0 Å². The molecule has 0 atom stereocenters. The third-order valence-corrected chi connectivity index (χ3v) is 3.71. The first-order valence-electron chi connectivity index (χ1n) is 8.09. The Balaban J connectivity index is 0.000000151. The van der Waals surface area contributed by atoms with E-state index in [1.165, 1.54) is 0 Å². The fourth-order valence-electron chi connectivity index (χ4n) is 2.32. The van der Waals surface area contributed by atoms with E-state index in [1.54, 1.807) is 29.2 Å². The summed E-state index contributed by atoms with van der Waals surface area (Å²) in [7, 11) is 0. The van der Waals surface area contributed by atoms with Gasteiger partial charge in [0.1, 0.15) is 0 Å². The van der Waals surface area contributed by atoms with E-state index in [0.717, 1.165) is 16.9 Å². The highest BCUT2D eigenvalue weighted by molar-refractivity contribution is 5.38. The van der Waals surface area contributed by atoms with E-state index in [0.29, 0.717) is 12.1 Å². The molecule has 4 rings (SSSR count). The molecule has 0 spiro atoms. The van der Waals surface area contributed by atoms with E-state index in [9.17, 15) is 0 Å². The Labute approximate surface area is 151 Å². The SMILES string of the molecule is N#Cc1ccc(-n2cccn2)cc1.NCc1ccc(-n2cccn2)cc1. The first kappa shape index (κ1) is 17.1. The third-order valence-electron chi connectivity index (χ3n) is 3.71. The molecule has 4 aromatic rings. The summed E-state index contributed by atoms with van der Waals surface area (Å²) in [5, 5.41) is 16.8. The molecule has 0 bridgehead atoms. The van der Waals surface area contributed by atoms with E-state index < -0.39 is 0 Å². The van der Waals surface area contributed by atoms with E-state index in [2.05, 4.69) is 16.3 Å². The highest BCUT2D eigenvalue weighted by Gasteiger charge is 1.95. The predicted octanol–water partition coefficient (Wildman–Crippen LogP) is 3.07. The number of aromatic nitrogens is 4. The molecule has 0 saturated heterocycles. The second-order valence-electron chi connectivity index (χ2n) is 5.43. The number of nitrogens with zero attached hydrogens (tertiary/aromatic N) is 5. The molecule has 0 amide bonds. The summed E-state index contributed by atoms with van der Waals surface area (Å²) in [6.45, 7) is 0.583. The van der Waals surface area contributed by atoms with Gasteiger partial charge in [-0.25, -0.2) is 9.36 Å². The lowest BCUT2D eigenvalue weighted by Gasteiger charge is -2.01. The quantitative estimate of drug-likeness (QED) is 0.620. The van der Waals surface area contributed by atoms with Crippen LogP contribution in [-0.4, -0.2) is 19.6 Å². The third kappa shape index (κ3) is 4.23. The van der Waals surface area contributed by atoms with Gasteiger partial charge < -0.3 is 5.73 Å². The van der Waals surface area contributed by atoms with Gasteiger partial charge in [-0.15, -0.1) is 0 Å². The molecule has 0 saturated carbocycles. The molecule has 0 aliphatic rings. The van der Waals surface area contributed by atoms with Crippen LogP contribution in [0.1, 0.15) is 11.1 Å². The summed E-state index contributed by atoms with van der Waals surface area (Å²) in [5.41, 5.74) is 9.31. The van der Waals surface area contributed by atoms with Crippen LogP contribution in [0, 0.1) is 11.3 Å². The first-order chi connectivity index (χ1) is 12.8. The zero-order valence-corrected chi connectivity index (χ0v) is 14.1. The minimum Gasteiger partial charge on any atom is -0.326 e. The maximum absolute atomic E-state index is 8.59. The van der Waals surface area contributed by atoms with Crippen molar-refractivity contribution in [2.24, 2.45) is 5.73 Å². The van der Waals surface area contributed by atoms with Gasteiger partial charge in [0.15, 0.2) is 0 Å². The van der Waals surface area contributed by atoms with Crippen LogP contribution in [0.25, 0.3) is 11.4 Å². The molecule has 2 heterocycles. The summed E-state index contributed by atoms with van der Waals surface area (Å²) in [5.74, 6) is 0.